The molecule has 0 aliphatic carbocycles. The average Bonchev–Trinajstić information content (AvgIpc) is 2.98. The number of thiophene rings is 1. The van der Waals surface area contributed by atoms with Gasteiger partial charge in [0.2, 0.25) is 15.9 Å². The first kappa shape index (κ1) is 18.6. The van der Waals surface area contributed by atoms with Crippen molar-refractivity contribution >= 4 is 27.3 Å². The number of nitrogens with two attached hydrogens (primary N) is 1. The number of nitrogens with zero attached hydrogens (tertiary/aromatic N) is 1. The van der Waals surface area contributed by atoms with Crippen LogP contribution in [0.15, 0.2) is 46.0 Å². The molecule has 0 saturated carbocycles. The maximum Gasteiger partial charge on any atom is 0.238 e. The number of carbonyl (C=O) groups is 1. The van der Waals surface area contributed by atoms with Gasteiger partial charge in [-0.15, -0.1) is 0 Å². The van der Waals surface area contributed by atoms with E-state index in [0.717, 1.165) is 5.56 Å². The Bertz CT molecular complexity index is 771. The normalized spacial score (nSPS) is 13.0. The molecule has 2 aromatic rings. The molecule has 6 nitrogen and oxygen atoms in total. The molecular weight excluding hydrogens is 346 g/mol. The summed E-state index contributed by atoms with van der Waals surface area (Å²) in [4.78, 5) is 14.1. The van der Waals surface area contributed by atoms with E-state index in [-0.39, 0.29) is 23.4 Å². The van der Waals surface area contributed by atoms with Gasteiger partial charge in [0.15, 0.2) is 0 Å². The van der Waals surface area contributed by atoms with E-state index in [9.17, 15) is 13.2 Å². The molecule has 24 heavy (non-hydrogen) atoms. The molecule has 0 unspecified atom stereocenters. The zero-order chi connectivity index (χ0) is 17.7. The fourth-order valence-electron chi connectivity index (χ4n) is 2.31. The number of nitrogens with one attached hydrogen (secondary N) is 1. The molecule has 1 heterocycles. The molecule has 0 fully saturated rings. The smallest absolute Gasteiger partial charge is 0.238 e. The summed E-state index contributed by atoms with van der Waals surface area (Å²) in [6.07, 6.45) is 0. The summed E-state index contributed by atoms with van der Waals surface area (Å²) in [7, 11) is -1.81. The van der Waals surface area contributed by atoms with Crippen LogP contribution < -0.4 is 10.5 Å². The third-order valence-electron chi connectivity index (χ3n) is 3.53. The number of carbonyl (C=O) groups excluding carboxylic acids is 1. The van der Waals surface area contributed by atoms with E-state index >= 15 is 0 Å². The molecule has 2 rings (SSSR count). The molecule has 3 N–H and O–H groups in total. The second kappa shape index (κ2) is 7.89. The van der Waals surface area contributed by atoms with Crippen molar-refractivity contribution in [3.8, 4) is 0 Å². The Balaban J connectivity index is 1.89. The van der Waals surface area contributed by atoms with E-state index in [1.54, 1.807) is 23.5 Å². The molecule has 1 aromatic carbocycles. The van der Waals surface area contributed by atoms with Crippen molar-refractivity contribution in [1.29, 1.82) is 0 Å². The Morgan fingerprint density at radius 3 is 2.50 bits per heavy atom. The van der Waals surface area contributed by atoms with Gasteiger partial charge in [-0.2, -0.15) is 11.3 Å². The summed E-state index contributed by atoms with van der Waals surface area (Å²) in [5.74, 6) is -0.0873. The first-order valence-corrected chi connectivity index (χ1v) is 9.86. The van der Waals surface area contributed by atoms with Crippen LogP contribution in [-0.4, -0.2) is 32.8 Å². The standard InChI is InChI=1S/C16H21N3O3S2/c1-12(14-3-5-15(6-4-14)24(17,21)22)18-16(20)10-19(2)9-13-7-8-23-11-13/h3-8,11-12H,9-10H2,1-2H3,(H,18,20)(H2,17,21,22)/t12-/m0/s1. The lowest BCUT2D eigenvalue weighted by Crippen LogP contribution is -2.36. The Labute approximate surface area is 146 Å². The molecular formula is C16H21N3O3S2. The summed E-state index contributed by atoms with van der Waals surface area (Å²) < 4.78 is 22.5. The zero-order valence-electron chi connectivity index (χ0n) is 13.6. The first-order valence-electron chi connectivity index (χ1n) is 7.37. The Morgan fingerprint density at radius 2 is 1.96 bits per heavy atom. The lowest BCUT2D eigenvalue weighted by atomic mass is 10.1. The second-order valence-electron chi connectivity index (χ2n) is 5.71. The van der Waals surface area contributed by atoms with Crippen molar-refractivity contribution in [3.63, 3.8) is 0 Å². The topological polar surface area (TPSA) is 92.5 Å². The number of hydrogen-bond donors (Lipinski definition) is 2. The molecule has 1 aromatic heterocycles. The Morgan fingerprint density at radius 1 is 1.29 bits per heavy atom. The summed E-state index contributed by atoms with van der Waals surface area (Å²) in [6.45, 7) is 2.85. The van der Waals surface area contributed by atoms with E-state index in [1.807, 2.05) is 30.3 Å². The van der Waals surface area contributed by atoms with Crippen LogP contribution in [0.2, 0.25) is 0 Å². The van der Waals surface area contributed by atoms with Gasteiger partial charge in [0.1, 0.15) is 0 Å². The molecule has 130 valence electrons. The lowest BCUT2D eigenvalue weighted by Gasteiger charge is -2.19. The molecule has 0 radical (unpaired) electrons. The number of benzene rings is 1. The van der Waals surface area contributed by atoms with Crippen LogP contribution in [0, 0.1) is 0 Å². The Kier molecular flexibility index (Phi) is 6.11. The van der Waals surface area contributed by atoms with E-state index < -0.39 is 10.0 Å². The molecule has 0 aliphatic heterocycles. The molecule has 0 spiro atoms. The molecule has 0 bridgehead atoms. The number of likely N-dealkylation sites (N-methyl/N-ethyl adjacent to an activating group) is 1. The van der Waals surface area contributed by atoms with Crippen molar-refractivity contribution in [2.24, 2.45) is 5.14 Å². The van der Waals surface area contributed by atoms with E-state index in [1.165, 1.54) is 17.7 Å². The molecule has 1 amide bonds. The fraction of sp³-hybridized carbons (Fsp3) is 0.312. The minimum atomic E-state index is -3.70. The maximum atomic E-state index is 12.1. The summed E-state index contributed by atoms with van der Waals surface area (Å²) in [5.41, 5.74) is 2.00. The second-order valence-corrected chi connectivity index (χ2v) is 8.05. The van der Waals surface area contributed by atoms with Crippen LogP contribution in [0.3, 0.4) is 0 Å². The van der Waals surface area contributed by atoms with Gasteiger partial charge in [0.05, 0.1) is 17.5 Å². The van der Waals surface area contributed by atoms with Gasteiger partial charge in [-0.05, 0) is 54.1 Å². The van der Waals surface area contributed by atoms with Gasteiger partial charge >= 0.3 is 0 Å². The van der Waals surface area contributed by atoms with Crippen LogP contribution >= 0.6 is 11.3 Å². The van der Waals surface area contributed by atoms with Crippen molar-refractivity contribution in [1.82, 2.24) is 10.2 Å². The van der Waals surface area contributed by atoms with E-state index in [0.29, 0.717) is 6.54 Å². The SMILES string of the molecule is C[C@H](NC(=O)CN(C)Cc1ccsc1)c1ccc(S(N)(=O)=O)cc1. The number of rotatable bonds is 7. The van der Waals surface area contributed by atoms with Gasteiger partial charge in [-0.1, -0.05) is 12.1 Å². The third-order valence-corrected chi connectivity index (χ3v) is 5.19. The lowest BCUT2D eigenvalue weighted by molar-refractivity contribution is -0.122. The van der Waals surface area contributed by atoms with Crippen LogP contribution in [0.25, 0.3) is 0 Å². The van der Waals surface area contributed by atoms with Gasteiger partial charge in [0, 0.05) is 6.54 Å². The number of primary sulfonamides is 1. The predicted octanol–water partition coefficient (Wildman–Crippen LogP) is 1.70. The molecule has 0 saturated heterocycles. The van der Waals surface area contributed by atoms with Crippen molar-refractivity contribution in [3.05, 3.63) is 52.2 Å². The number of sulfonamides is 1. The maximum absolute atomic E-state index is 12.1. The van der Waals surface area contributed by atoms with Crippen LogP contribution in [0.1, 0.15) is 24.1 Å². The average molecular weight is 367 g/mol. The number of amides is 1. The molecule has 1 atom stereocenters. The summed E-state index contributed by atoms with van der Waals surface area (Å²) in [6, 6.07) is 8.00. The molecule has 0 aliphatic rings. The van der Waals surface area contributed by atoms with Gasteiger partial charge in [-0.3, -0.25) is 9.69 Å². The van der Waals surface area contributed by atoms with Gasteiger partial charge < -0.3 is 5.32 Å². The minimum Gasteiger partial charge on any atom is -0.348 e. The number of hydrogen-bond acceptors (Lipinski definition) is 5. The molecule has 8 heteroatoms. The summed E-state index contributed by atoms with van der Waals surface area (Å²) >= 11 is 1.63. The quantitative estimate of drug-likeness (QED) is 0.779. The van der Waals surface area contributed by atoms with Crippen molar-refractivity contribution < 1.29 is 13.2 Å². The minimum absolute atomic E-state index is 0.0558. The van der Waals surface area contributed by atoms with Crippen molar-refractivity contribution in [2.75, 3.05) is 13.6 Å². The first-order chi connectivity index (χ1) is 11.3. The van der Waals surface area contributed by atoms with Crippen LogP contribution in [0.5, 0.6) is 0 Å². The van der Waals surface area contributed by atoms with E-state index in [4.69, 9.17) is 5.14 Å². The highest BCUT2D eigenvalue weighted by molar-refractivity contribution is 7.89. The summed E-state index contributed by atoms with van der Waals surface area (Å²) in [5, 5.41) is 12.0. The van der Waals surface area contributed by atoms with Crippen LogP contribution in [0.4, 0.5) is 0 Å². The van der Waals surface area contributed by atoms with Crippen LogP contribution in [-0.2, 0) is 21.4 Å². The van der Waals surface area contributed by atoms with Gasteiger partial charge in [-0.25, -0.2) is 13.6 Å². The fourth-order valence-corrected chi connectivity index (χ4v) is 3.49. The van der Waals surface area contributed by atoms with Gasteiger partial charge in [0.25, 0.3) is 0 Å². The third kappa shape index (κ3) is 5.41. The largest absolute Gasteiger partial charge is 0.348 e. The highest BCUT2D eigenvalue weighted by Crippen LogP contribution is 2.15. The zero-order valence-corrected chi connectivity index (χ0v) is 15.2. The highest BCUT2D eigenvalue weighted by Gasteiger charge is 2.13. The van der Waals surface area contributed by atoms with Crippen molar-refractivity contribution in [2.45, 2.75) is 24.4 Å². The highest BCUT2D eigenvalue weighted by atomic mass is 32.2. The predicted molar refractivity (Wildman–Crippen MR) is 95.0 cm³/mol. The van der Waals surface area contributed by atoms with E-state index in [2.05, 4.69) is 10.7 Å². The monoisotopic (exact) mass is 367 g/mol. The Hall–Kier alpha value is -1.74.